The summed E-state index contributed by atoms with van der Waals surface area (Å²) in [4.78, 5) is 11.5. The third-order valence-corrected chi connectivity index (χ3v) is 4.57. The smallest absolute Gasteiger partial charge is 0.164 e. The van der Waals surface area contributed by atoms with Crippen LogP contribution >= 0.6 is 0 Å². The first kappa shape index (κ1) is 24.3. The first-order valence-corrected chi connectivity index (χ1v) is 10.3. The predicted octanol–water partition coefficient (Wildman–Crippen LogP) is 4.31. The minimum absolute atomic E-state index is 0.279. The molecule has 0 aromatic carbocycles. The van der Waals surface area contributed by atoms with Crippen LogP contribution in [-0.2, 0) is 4.79 Å². The van der Waals surface area contributed by atoms with Crippen LogP contribution < -0.4 is 0 Å². The Morgan fingerprint density at radius 1 is 0.800 bits per heavy atom. The predicted molar refractivity (Wildman–Crippen MR) is 104 cm³/mol. The first-order chi connectivity index (χ1) is 12.1. The molecular weight excluding hydrogens is 316 g/mol. The van der Waals surface area contributed by atoms with E-state index in [1.165, 1.54) is 64.2 Å². The van der Waals surface area contributed by atoms with E-state index in [0.717, 1.165) is 19.3 Å². The molecule has 0 radical (unpaired) electrons. The van der Waals surface area contributed by atoms with E-state index >= 15 is 0 Å². The highest BCUT2D eigenvalue weighted by atomic mass is 16.4. The van der Waals surface area contributed by atoms with Crippen molar-refractivity contribution >= 4 is 5.78 Å². The van der Waals surface area contributed by atoms with Gasteiger partial charge < -0.3 is 15.3 Å². The second-order valence-electron chi connectivity index (χ2n) is 7.00. The molecule has 0 spiro atoms. The molecule has 0 aliphatic rings. The van der Waals surface area contributed by atoms with Gasteiger partial charge in [0.2, 0.25) is 0 Å². The normalized spacial score (nSPS) is 14.1. The molecule has 0 amide bonds. The average Bonchev–Trinajstić information content (AvgIpc) is 2.63. The maximum atomic E-state index is 11.5. The molecule has 0 aliphatic carbocycles. The van der Waals surface area contributed by atoms with E-state index in [9.17, 15) is 15.0 Å². The van der Waals surface area contributed by atoms with Gasteiger partial charge in [-0.1, -0.05) is 70.4 Å². The molecular formula is C21H40O4. The summed E-state index contributed by atoms with van der Waals surface area (Å²) in [6.07, 6.45) is 17.7. The number of ketones is 1. The summed E-state index contributed by atoms with van der Waals surface area (Å²) in [6.45, 7) is 1.66. The Morgan fingerprint density at radius 2 is 1.28 bits per heavy atom. The molecule has 0 rings (SSSR count). The fourth-order valence-corrected chi connectivity index (χ4v) is 2.83. The van der Waals surface area contributed by atoms with E-state index in [1.807, 2.05) is 0 Å². The molecule has 0 saturated carbocycles. The second kappa shape index (κ2) is 18.1. The molecule has 25 heavy (non-hydrogen) atoms. The molecule has 0 heterocycles. The summed E-state index contributed by atoms with van der Waals surface area (Å²) >= 11 is 0. The number of aliphatic hydroxyl groups is 3. The monoisotopic (exact) mass is 356 g/mol. The van der Waals surface area contributed by atoms with Crippen molar-refractivity contribution in [2.75, 3.05) is 6.61 Å². The average molecular weight is 357 g/mol. The summed E-state index contributed by atoms with van der Waals surface area (Å²) in [7, 11) is 0. The first-order valence-electron chi connectivity index (χ1n) is 10.3. The van der Waals surface area contributed by atoms with Gasteiger partial charge in [-0.25, -0.2) is 0 Å². The van der Waals surface area contributed by atoms with Crippen LogP contribution in [0.3, 0.4) is 0 Å². The van der Waals surface area contributed by atoms with E-state index in [4.69, 9.17) is 5.11 Å². The Bertz CT molecular complexity index is 328. The zero-order valence-corrected chi connectivity index (χ0v) is 16.2. The third-order valence-electron chi connectivity index (χ3n) is 4.57. The summed E-state index contributed by atoms with van der Waals surface area (Å²) in [5.41, 5.74) is 0. The number of allylic oxidation sites excluding steroid dienone is 2. The largest absolute Gasteiger partial charge is 0.394 e. The van der Waals surface area contributed by atoms with Crippen molar-refractivity contribution in [3.63, 3.8) is 0 Å². The lowest BCUT2D eigenvalue weighted by atomic mass is 10.0. The molecule has 0 saturated heterocycles. The Balaban J connectivity index is 3.31. The van der Waals surface area contributed by atoms with Gasteiger partial charge in [-0.3, -0.25) is 4.79 Å². The van der Waals surface area contributed by atoms with Crippen molar-refractivity contribution < 1.29 is 20.1 Å². The van der Waals surface area contributed by atoms with E-state index in [-0.39, 0.29) is 12.2 Å². The van der Waals surface area contributed by atoms with Crippen LogP contribution in [0.5, 0.6) is 0 Å². The highest BCUT2D eigenvalue weighted by Gasteiger charge is 2.22. The lowest BCUT2D eigenvalue weighted by Crippen LogP contribution is -2.36. The highest BCUT2D eigenvalue weighted by Crippen LogP contribution is 2.11. The van der Waals surface area contributed by atoms with Gasteiger partial charge in [0.25, 0.3) is 0 Å². The summed E-state index contributed by atoms with van der Waals surface area (Å²) in [5, 5.41) is 27.3. The van der Waals surface area contributed by atoms with Gasteiger partial charge in [-0.15, -0.1) is 0 Å². The van der Waals surface area contributed by atoms with Crippen LogP contribution in [0.25, 0.3) is 0 Å². The lowest BCUT2D eigenvalue weighted by molar-refractivity contribution is -0.134. The number of carbonyl (C=O) groups excluding carboxylic acids is 1. The fraction of sp³-hybridized carbons (Fsp3) is 0.857. The molecule has 3 N–H and O–H groups in total. The molecule has 148 valence electrons. The van der Waals surface area contributed by atoms with Crippen LogP contribution in [0, 0.1) is 0 Å². The van der Waals surface area contributed by atoms with Gasteiger partial charge >= 0.3 is 0 Å². The number of carbonyl (C=O) groups is 1. The quantitative estimate of drug-likeness (QED) is 0.253. The third kappa shape index (κ3) is 15.3. The van der Waals surface area contributed by atoms with Crippen molar-refractivity contribution in [1.82, 2.24) is 0 Å². The van der Waals surface area contributed by atoms with Gasteiger partial charge in [-0.2, -0.15) is 0 Å². The number of hydrogen-bond acceptors (Lipinski definition) is 4. The van der Waals surface area contributed by atoms with Crippen LogP contribution in [0.4, 0.5) is 0 Å². The maximum absolute atomic E-state index is 11.5. The Hall–Kier alpha value is -0.710. The van der Waals surface area contributed by atoms with Crippen LogP contribution in [-0.4, -0.2) is 39.9 Å². The van der Waals surface area contributed by atoms with Crippen LogP contribution in [0.15, 0.2) is 12.2 Å². The number of aliphatic hydroxyl groups excluding tert-OH is 3. The van der Waals surface area contributed by atoms with Crippen molar-refractivity contribution in [3.8, 4) is 0 Å². The van der Waals surface area contributed by atoms with Crippen LogP contribution in [0.1, 0.15) is 96.8 Å². The van der Waals surface area contributed by atoms with Gasteiger partial charge in [0, 0.05) is 6.42 Å². The summed E-state index contributed by atoms with van der Waals surface area (Å²) in [6, 6.07) is 0. The number of hydrogen-bond donors (Lipinski definition) is 3. The number of rotatable bonds is 18. The summed E-state index contributed by atoms with van der Waals surface area (Å²) in [5.74, 6) is -0.372. The van der Waals surface area contributed by atoms with E-state index in [2.05, 4.69) is 19.1 Å². The molecule has 0 aliphatic heterocycles. The number of Topliss-reactive ketones (excluding diaryl/α,β-unsaturated/α-hetero) is 1. The van der Waals surface area contributed by atoms with Crippen molar-refractivity contribution in [3.05, 3.63) is 12.2 Å². The molecule has 0 fully saturated rings. The van der Waals surface area contributed by atoms with Crippen LogP contribution in [0.2, 0.25) is 0 Å². The Kier molecular flexibility index (Phi) is 17.6. The SMILES string of the molecule is CCCCCC/C=C/CCCCCCCCCC(=O)C(O)[C@@H](O)CO. The topological polar surface area (TPSA) is 77.8 Å². The molecule has 4 nitrogen and oxygen atoms in total. The summed E-state index contributed by atoms with van der Waals surface area (Å²) < 4.78 is 0. The zero-order chi connectivity index (χ0) is 18.8. The fourth-order valence-electron chi connectivity index (χ4n) is 2.83. The van der Waals surface area contributed by atoms with Crippen molar-refractivity contribution in [2.45, 2.75) is 109 Å². The van der Waals surface area contributed by atoms with E-state index < -0.39 is 18.8 Å². The minimum atomic E-state index is -1.44. The zero-order valence-electron chi connectivity index (χ0n) is 16.2. The molecule has 1 unspecified atom stereocenters. The Labute approximate surface area is 154 Å². The number of unbranched alkanes of at least 4 members (excludes halogenated alkanes) is 11. The van der Waals surface area contributed by atoms with Crippen molar-refractivity contribution in [1.29, 1.82) is 0 Å². The minimum Gasteiger partial charge on any atom is -0.394 e. The standard InChI is InChI=1S/C21H40O4/c1-2-3-4-5-6-7-8-9-10-11-12-13-14-15-16-17-19(23)21(25)20(24)18-22/h7-8,20-22,24-25H,2-6,9-18H2,1H3/b8-7+/t20-,21?/m0/s1. The van der Waals surface area contributed by atoms with Gasteiger partial charge in [0.05, 0.1) is 6.61 Å². The lowest BCUT2D eigenvalue weighted by Gasteiger charge is -2.13. The second-order valence-corrected chi connectivity index (χ2v) is 7.00. The van der Waals surface area contributed by atoms with Crippen molar-refractivity contribution in [2.24, 2.45) is 0 Å². The molecule has 2 atom stereocenters. The highest BCUT2D eigenvalue weighted by molar-refractivity contribution is 5.83. The van der Waals surface area contributed by atoms with Gasteiger partial charge in [0.15, 0.2) is 5.78 Å². The van der Waals surface area contributed by atoms with E-state index in [0.29, 0.717) is 0 Å². The molecule has 0 bridgehead atoms. The maximum Gasteiger partial charge on any atom is 0.164 e. The Morgan fingerprint density at radius 3 is 1.80 bits per heavy atom. The molecule has 0 aromatic heterocycles. The van der Waals surface area contributed by atoms with Gasteiger partial charge in [0.1, 0.15) is 12.2 Å². The molecule has 0 aromatic rings. The van der Waals surface area contributed by atoms with E-state index in [1.54, 1.807) is 0 Å². The molecule has 4 heteroatoms. The van der Waals surface area contributed by atoms with Gasteiger partial charge in [-0.05, 0) is 32.1 Å².